The molecule has 0 aliphatic rings. The van der Waals surface area contributed by atoms with Gasteiger partial charge in [-0.1, -0.05) is 18.2 Å². The monoisotopic (exact) mass is 399 g/mol. The highest BCUT2D eigenvalue weighted by molar-refractivity contribution is 6.28. The summed E-state index contributed by atoms with van der Waals surface area (Å²) in [6.07, 6.45) is 7.59. The number of imidazole rings is 1. The van der Waals surface area contributed by atoms with Gasteiger partial charge in [0.05, 0.1) is 16.3 Å². The van der Waals surface area contributed by atoms with Gasteiger partial charge in [0.2, 0.25) is 0 Å². The molecule has 3 aromatic carbocycles. The van der Waals surface area contributed by atoms with Crippen LogP contribution in [0.5, 0.6) is 0 Å². The van der Waals surface area contributed by atoms with Gasteiger partial charge in [-0.2, -0.15) is 0 Å². The van der Waals surface area contributed by atoms with Crippen LogP contribution in [0.4, 0.5) is 0 Å². The summed E-state index contributed by atoms with van der Waals surface area (Å²) < 4.78 is 14.7. The van der Waals surface area contributed by atoms with Crippen molar-refractivity contribution >= 4 is 71.2 Å². The molecule has 0 atom stereocenters. The highest BCUT2D eigenvalue weighted by atomic mass is 16.3. The number of benzene rings is 3. The number of nitrogens with zero attached hydrogens (tertiary/aromatic N) is 3. The van der Waals surface area contributed by atoms with Crippen molar-refractivity contribution in [2.24, 2.45) is 0 Å². The number of pyridine rings is 2. The first-order valence-corrected chi connectivity index (χ1v) is 10.2. The normalized spacial score (nSPS) is 12.5. The maximum Gasteiger partial charge on any atom is 0.147 e. The molecule has 0 radical (unpaired) electrons. The first kappa shape index (κ1) is 15.5. The molecule has 144 valence electrons. The van der Waals surface area contributed by atoms with Crippen molar-refractivity contribution < 1.29 is 8.83 Å². The molecule has 0 bridgehead atoms. The number of para-hydroxylation sites is 1. The number of fused-ring (bicyclic) bond motifs is 14. The lowest BCUT2D eigenvalue weighted by Crippen LogP contribution is -1.91. The molecular formula is C26H13N3O2. The SMILES string of the molecule is c1ccc2c(c1)oc1ccc3c(oc4ccc5c6cnccc6c6nccn6c5c43)c12. The molecule has 8 aromatic rings. The zero-order valence-electron chi connectivity index (χ0n) is 16.2. The summed E-state index contributed by atoms with van der Waals surface area (Å²) in [6.45, 7) is 0. The molecule has 5 aromatic heterocycles. The minimum absolute atomic E-state index is 0.833. The lowest BCUT2D eigenvalue weighted by molar-refractivity contribution is 0.663. The molecule has 0 saturated carbocycles. The van der Waals surface area contributed by atoms with E-state index in [1.165, 1.54) is 0 Å². The van der Waals surface area contributed by atoms with Crippen LogP contribution in [0.1, 0.15) is 0 Å². The molecule has 31 heavy (non-hydrogen) atoms. The van der Waals surface area contributed by atoms with E-state index in [4.69, 9.17) is 8.83 Å². The second kappa shape index (κ2) is 5.21. The van der Waals surface area contributed by atoms with Crippen molar-refractivity contribution in [1.29, 1.82) is 0 Å². The van der Waals surface area contributed by atoms with Crippen LogP contribution in [-0.2, 0) is 0 Å². The topological polar surface area (TPSA) is 56.5 Å². The quantitative estimate of drug-likeness (QED) is 0.262. The first-order chi connectivity index (χ1) is 15.4. The van der Waals surface area contributed by atoms with E-state index in [1.807, 2.05) is 55.1 Å². The van der Waals surface area contributed by atoms with Gasteiger partial charge in [0, 0.05) is 51.7 Å². The minimum Gasteiger partial charge on any atom is -0.456 e. The van der Waals surface area contributed by atoms with Gasteiger partial charge in [-0.3, -0.25) is 9.38 Å². The van der Waals surface area contributed by atoms with E-state index in [0.717, 1.165) is 71.2 Å². The molecule has 0 spiro atoms. The van der Waals surface area contributed by atoms with E-state index in [1.54, 1.807) is 0 Å². The summed E-state index contributed by atoms with van der Waals surface area (Å²) in [5, 5.41) is 7.52. The Bertz CT molecular complexity index is 2010. The molecule has 5 heteroatoms. The summed E-state index contributed by atoms with van der Waals surface area (Å²) in [5.41, 5.74) is 5.39. The van der Waals surface area contributed by atoms with Gasteiger partial charge in [-0.15, -0.1) is 0 Å². The smallest absolute Gasteiger partial charge is 0.147 e. The molecule has 0 fully saturated rings. The molecule has 0 amide bonds. The van der Waals surface area contributed by atoms with Crippen LogP contribution < -0.4 is 0 Å². The predicted octanol–water partition coefficient (Wildman–Crippen LogP) is 6.83. The standard InChI is InChI=1S/C26H13N3O2/c1-2-4-19-16(3-1)23-21(30-19)8-6-17-22-20(31-25(17)23)7-5-14-18-13-27-10-9-15(18)26-28-11-12-29(26)24(14)22/h1-13H. The third-order valence-corrected chi connectivity index (χ3v) is 6.35. The molecule has 0 N–H and O–H groups in total. The lowest BCUT2D eigenvalue weighted by Gasteiger charge is -2.08. The summed E-state index contributed by atoms with van der Waals surface area (Å²) in [5.74, 6) is 0. The van der Waals surface area contributed by atoms with Crippen LogP contribution in [0.2, 0.25) is 0 Å². The van der Waals surface area contributed by atoms with Gasteiger partial charge in [-0.05, 0) is 36.4 Å². The van der Waals surface area contributed by atoms with Crippen molar-refractivity contribution in [3.8, 4) is 0 Å². The Morgan fingerprint density at radius 2 is 1.52 bits per heavy atom. The number of aromatic nitrogens is 3. The van der Waals surface area contributed by atoms with Crippen LogP contribution in [-0.4, -0.2) is 14.4 Å². The summed E-state index contributed by atoms with van der Waals surface area (Å²) in [7, 11) is 0. The van der Waals surface area contributed by atoms with E-state index in [2.05, 4.69) is 38.6 Å². The Kier molecular flexibility index (Phi) is 2.60. The maximum absolute atomic E-state index is 6.47. The molecular weight excluding hydrogens is 386 g/mol. The molecule has 5 nitrogen and oxygen atoms in total. The van der Waals surface area contributed by atoms with E-state index >= 15 is 0 Å². The summed E-state index contributed by atoms with van der Waals surface area (Å²) in [6, 6.07) is 18.4. The lowest BCUT2D eigenvalue weighted by atomic mass is 10.0. The Balaban J connectivity index is 1.70. The zero-order chi connectivity index (χ0) is 20.1. The van der Waals surface area contributed by atoms with Crippen LogP contribution in [0.3, 0.4) is 0 Å². The first-order valence-electron chi connectivity index (χ1n) is 10.2. The molecule has 0 aliphatic carbocycles. The van der Waals surface area contributed by atoms with E-state index in [9.17, 15) is 0 Å². The van der Waals surface area contributed by atoms with Gasteiger partial charge < -0.3 is 8.83 Å². The number of hydrogen-bond donors (Lipinski definition) is 0. The fourth-order valence-corrected chi connectivity index (χ4v) is 5.07. The van der Waals surface area contributed by atoms with Crippen molar-refractivity contribution in [3.05, 3.63) is 79.4 Å². The van der Waals surface area contributed by atoms with Gasteiger partial charge in [0.1, 0.15) is 28.0 Å². The fourth-order valence-electron chi connectivity index (χ4n) is 5.07. The Hall–Kier alpha value is -4.38. The molecule has 0 unspecified atom stereocenters. The zero-order valence-corrected chi connectivity index (χ0v) is 16.2. The second-order valence-corrected chi connectivity index (χ2v) is 7.89. The van der Waals surface area contributed by atoms with E-state index < -0.39 is 0 Å². The van der Waals surface area contributed by atoms with E-state index in [0.29, 0.717) is 0 Å². The number of furan rings is 2. The maximum atomic E-state index is 6.47. The highest BCUT2D eigenvalue weighted by Crippen LogP contribution is 2.42. The third-order valence-electron chi connectivity index (χ3n) is 6.35. The van der Waals surface area contributed by atoms with Crippen LogP contribution in [0, 0.1) is 0 Å². The van der Waals surface area contributed by atoms with Crippen LogP contribution in [0.15, 0.2) is 88.2 Å². The summed E-state index contributed by atoms with van der Waals surface area (Å²) in [4.78, 5) is 9.02. The Labute approximate surface area is 174 Å². The van der Waals surface area contributed by atoms with Gasteiger partial charge in [0.25, 0.3) is 0 Å². The average molecular weight is 399 g/mol. The van der Waals surface area contributed by atoms with Gasteiger partial charge in [0.15, 0.2) is 0 Å². The number of rotatable bonds is 0. The average Bonchev–Trinajstić information content (AvgIpc) is 3.53. The largest absolute Gasteiger partial charge is 0.456 e. The van der Waals surface area contributed by atoms with E-state index in [-0.39, 0.29) is 0 Å². The van der Waals surface area contributed by atoms with Crippen LogP contribution in [0.25, 0.3) is 71.2 Å². The Morgan fingerprint density at radius 3 is 2.48 bits per heavy atom. The second-order valence-electron chi connectivity index (χ2n) is 7.89. The van der Waals surface area contributed by atoms with Crippen molar-refractivity contribution in [1.82, 2.24) is 14.4 Å². The molecule has 8 rings (SSSR count). The van der Waals surface area contributed by atoms with Crippen molar-refractivity contribution in [2.75, 3.05) is 0 Å². The minimum atomic E-state index is 0.833. The van der Waals surface area contributed by atoms with Crippen LogP contribution >= 0.6 is 0 Å². The van der Waals surface area contributed by atoms with Crippen molar-refractivity contribution in [3.63, 3.8) is 0 Å². The van der Waals surface area contributed by atoms with Crippen molar-refractivity contribution in [2.45, 2.75) is 0 Å². The van der Waals surface area contributed by atoms with Gasteiger partial charge in [-0.25, -0.2) is 4.98 Å². The third kappa shape index (κ3) is 1.78. The predicted molar refractivity (Wildman–Crippen MR) is 123 cm³/mol. The number of hydrogen-bond acceptors (Lipinski definition) is 4. The van der Waals surface area contributed by atoms with Gasteiger partial charge >= 0.3 is 0 Å². The molecule has 0 aliphatic heterocycles. The Morgan fingerprint density at radius 1 is 0.645 bits per heavy atom. The fraction of sp³-hybridized carbons (Fsp3) is 0. The molecule has 0 saturated heterocycles. The summed E-state index contributed by atoms with van der Waals surface area (Å²) >= 11 is 0. The molecule has 5 heterocycles. The highest BCUT2D eigenvalue weighted by Gasteiger charge is 2.20.